The lowest BCUT2D eigenvalue weighted by Gasteiger charge is -2.06. The average Bonchev–Trinajstić information content (AvgIpc) is 2.74. The highest BCUT2D eigenvalue weighted by Crippen LogP contribution is 2.12. The first kappa shape index (κ1) is 11.9. The topological polar surface area (TPSA) is 46.6 Å². The molecule has 88 valence electrons. The summed E-state index contributed by atoms with van der Waals surface area (Å²) >= 11 is 3.33. The van der Waals surface area contributed by atoms with Crippen molar-refractivity contribution in [3.63, 3.8) is 0 Å². The lowest BCUT2D eigenvalue weighted by atomic mass is 10.2. The van der Waals surface area contributed by atoms with Gasteiger partial charge in [-0.05, 0) is 23.8 Å². The number of carbonyl (C=O) groups is 2. The highest BCUT2D eigenvalue weighted by atomic mass is 79.9. The Labute approximate surface area is 107 Å². The first-order chi connectivity index (χ1) is 8.16. The molecule has 1 aromatic rings. The Morgan fingerprint density at radius 1 is 1.35 bits per heavy atom. The number of carbonyl (C=O) groups excluding carboxylic acids is 2. The largest absolute Gasteiger partial charge is 0.447 e. The summed E-state index contributed by atoms with van der Waals surface area (Å²) in [4.78, 5) is 23.8. The summed E-state index contributed by atoms with van der Waals surface area (Å²) in [5.41, 5.74) is 0.897. The van der Waals surface area contributed by atoms with Crippen molar-refractivity contribution in [3.8, 4) is 0 Å². The van der Waals surface area contributed by atoms with E-state index in [2.05, 4.69) is 20.7 Å². The van der Waals surface area contributed by atoms with E-state index in [9.17, 15) is 9.59 Å². The van der Waals surface area contributed by atoms with E-state index < -0.39 is 6.09 Å². The van der Waals surface area contributed by atoms with Crippen LogP contribution in [-0.4, -0.2) is 30.1 Å². The zero-order valence-electron chi connectivity index (χ0n) is 8.93. The molecule has 1 heterocycles. The maximum Gasteiger partial charge on any atom is 0.416 e. The smallest absolute Gasteiger partial charge is 0.416 e. The Morgan fingerprint density at radius 2 is 2.06 bits per heavy atom. The molecule has 1 saturated heterocycles. The normalized spacial score (nSPS) is 15.4. The zero-order valence-corrected chi connectivity index (χ0v) is 10.5. The standard InChI is InChI=1S/C12H10BrNO3/c13-10-4-1-9(2-5-10)3-6-11(15)14-7-8-17-12(14)16/h1-6H,7-8H2/b6-3+. The molecular weight excluding hydrogens is 286 g/mol. The summed E-state index contributed by atoms with van der Waals surface area (Å²) in [6, 6.07) is 7.51. The van der Waals surface area contributed by atoms with Gasteiger partial charge in [0.15, 0.2) is 0 Å². The first-order valence-corrected chi connectivity index (χ1v) is 5.88. The van der Waals surface area contributed by atoms with Crippen molar-refractivity contribution in [3.05, 3.63) is 40.4 Å². The molecule has 4 nitrogen and oxygen atoms in total. The Bertz CT molecular complexity index is 467. The van der Waals surface area contributed by atoms with Crippen LogP contribution >= 0.6 is 15.9 Å². The summed E-state index contributed by atoms with van der Waals surface area (Å²) in [5.74, 6) is -0.351. The quantitative estimate of drug-likeness (QED) is 0.788. The third-order valence-corrected chi connectivity index (χ3v) is 2.84. The molecule has 0 N–H and O–H groups in total. The van der Waals surface area contributed by atoms with Crippen molar-refractivity contribution in [1.82, 2.24) is 4.90 Å². The van der Waals surface area contributed by atoms with E-state index in [1.165, 1.54) is 6.08 Å². The fourth-order valence-corrected chi connectivity index (χ4v) is 1.69. The zero-order chi connectivity index (χ0) is 12.3. The molecule has 2 rings (SSSR count). The molecule has 2 amide bonds. The molecule has 5 heteroatoms. The maximum atomic E-state index is 11.6. The molecule has 0 bridgehead atoms. The van der Waals surface area contributed by atoms with Crippen LogP contribution < -0.4 is 0 Å². The van der Waals surface area contributed by atoms with E-state index in [-0.39, 0.29) is 12.5 Å². The van der Waals surface area contributed by atoms with Gasteiger partial charge in [-0.2, -0.15) is 0 Å². The van der Waals surface area contributed by atoms with Crippen molar-refractivity contribution < 1.29 is 14.3 Å². The highest BCUT2D eigenvalue weighted by Gasteiger charge is 2.26. The molecule has 0 atom stereocenters. The second-order valence-corrected chi connectivity index (χ2v) is 4.40. The monoisotopic (exact) mass is 295 g/mol. The van der Waals surface area contributed by atoms with E-state index in [0.717, 1.165) is 14.9 Å². The summed E-state index contributed by atoms with van der Waals surface area (Å²) in [6.45, 7) is 0.596. The fourth-order valence-electron chi connectivity index (χ4n) is 1.42. The SMILES string of the molecule is O=C(/C=C/c1ccc(Br)cc1)N1CCOC1=O. The van der Waals surface area contributed by atoms with Gasteiger partial charge in [0.2, 0.25) is 0 Å². The van der Waals surface area contributed by atoms with Crippen LogP contribution in [0.4, 0.5) is 4.79 Å². The van der Waals surface area contributed by atoms with Gasteiger partial charge in [-0.25, -0.2) is 9.69 Å². The number of halogens is 1. The van der Waals surface area contributed by atoms with E-state index in [0.29, 0.717) is 6.54 Å². The van der Waals surface area contributed by atoms with Crippen LogP contribution in [0.2, 0.25) is 0 Å². The fraction of sp³-hybridized carbons (Fsp3) is 0.167. The maximum absolute atomic E-state index is 11.6. The number of ether oxygens (including phenoxy) is 1. The highest BCUT2D eigenvalue weighted by molar-refractivity contribution is 9.10. The molecule has 0 aliphatic carbocycles. The molecule has 1 fully saturated rings. The van der Waals surface area contributed by atoms with Gasteiger partial charge in [-0.15, -0.1) is 0 Å². The number of rotatable bonds is 2. The van der Waals surface area contributed by atoms with Gasteiger partial charge in [-0.1, -0.05) is 28.1 Å². The predicted octanol–water partition coefficient (Wildman–Crippen LogP) is 2.44. The van der Waals surface area contributed by atoms with Crippen molar-refractivity contribution in [2.45, 2.75) is 0 Å². The van der Waals surface area contributed by atoms with Crippen LogP contribution in [0.1, 0.15) is 5.56 Å². The van der Waals surface area contributed by atoms with Crippen LogP contribution in [0.3, 0.4) is 0 Å². The van der Waals surface area contributed by atoms with Gasteiger partial charge in [0.25, 0.3) is 5.91 Å². The molecule has 0 unspecified atom stereocenters. The summed E-state index contributed by atoms with van der Waals surface area (Å²) in [6.07, 6.45) is 2.46. The Morgan fingerprint density at radius 3 is 2.65 bits per heavy atom. The molecule has 1 aliphatic rings. The van der Waals surface area contributed by atoms with Crippen LogP contribution in [0.15, 0.2) is 34.8 Å². The van der Waals surface area contributed by atoms with E-state index in [4.69, 9.17) is 0 Å². The van der Waals surface area contributed by atoms with E-state index in [1.54, 1.807) is 6.08 Å². The van der Waals surface area contributed by atoms with Crippen LogP contribution in [0, 0.1) is 0 Å². The average molecular weight is 296 g/mol. The number of imide groups is 1. The molecule has 0 radical (unpaired) electrons. The van der Waals surface area contributed by atoms with Crippen molar-refractivity contribution in [2.24, 2.45) is 0 Å². The molecule has 17 heavy (non-hydrogen) atoms. The Balaban J connectivity index is 2.03. The number of nitrogens with zero attached hydrogens (tertiary/aromatic N) is 1. The molecule has 0 spiro atoms. The lowest BCUT2D eigenvalue weighted by Crippen LogP contribution is -2.29. The second kappa shape index (κ2) is 5.14. The first-order valence-electron chi connectivity index (χ1n) is 5.09. The lowest BCUT2D eigenvalue weighted by molar-refractivity contribution is -0.122. The number of amides is 2. The van der Waals surface area contributed by atoms with Crippen LogP contribution in [0.5, 0.6) is 0 Å². The van der Waals surface area contributed by atoms with E-state index >= 15 is 0 Å². The predicted molar refractivity (Wildman–Crippen MR) is 66.2 cm³/mol. The molecule has 0 saturated carbocycles. The van der Waals surface area contributed by atoms with Crippen molar-refractivity contribution in [2.75, 3.05) is 13.2 Å². The number of benzene rings is 1. The molecule has 0 aromatic heterocycles. The van der Waals surface area contributed by atoms with Crippen LogP contribution in [0.25, 0.3) is 6.08 Å². The Hall–Kier alpha value is -1.62. The number of hydrogen-bond donors (Lipinski definition) is 0. The van der Waals surface area contributed by atoms with Gasteiger partial charge < -0.3 is 4.74 Å². The van der Waals surface area contributed by atoms with Gasteiger partial charge in [0, 0.05) is 10.5 Å². The Kier molecular flexibility index (Phi) is 3.58. The third kappa shape index (κ3) is 2.94. The van der Waals surface area contributed by atoms with Crippen LogP contribution in [-0.2, 0) is 9.53 Å². The van der Waals surface area contributed by atoms with E-state index in [1.807, 2.05) is 24.3 Å². The van der Waals surface area contributed by atoms with Gasteiger partial charge >= 0.3 is 6.09 Å². The number of hydrogen-bond acceptors (Lipinski definition) is 3. The van der Waals surface area contributed by atoms with Crippen molar-refractivity contribution in [1.29, 1.82) is 0 Å². The molecule has 1 aromatic carbocycles. The van der Waals surface area contributed by atoms with Crippen molar-refractivity contribution >= 4 is 34.0 Å². The summed E-state index contributed by atoms with van der Waals surface area (Å²) < 4.78 is 5.66. The van der Waals surface area contributed by atoms with Gasteiger partial charge in [0.05, 0.1) is 6.54 Å². The minimum atomic E-state index is -0.574. The number of cyclic esters (lactones) is 1. The van der Waals surface area contributed by atoms with Gasteiger partial charge in [0.1, 0.15) is 6.61 Å². The molecular formula is C12H10BrNO3. The summed E-state index contributed by atoms with van der Waals surface area (Å²) in [7, 11) is 0. The third-order valence-electron chi connectivity index (χ3n) is 2.32. The molecule has 1 aliphatic heterocycles. The second-order valence-electron chi connectivity index (χ2n) is 3.49. The minimum Gasteiger partial charge on any atom is -0.447 e. The summed E-state index contributed by atoms with van der Waals surface area (Å²) in [5, 5.41) is 0. The minimum absolute atomic E-state index is 0.275. The van der Waals surface area contributed by atoms with Gasteiger partial charge in [-0.3, -0.25) is 4.79 Å².